The van der Waals surface area contributed by atoms with Gasteiger partial charge in [0.2, 0.25) is 0 Å². The molecule has 19 heteroatoms. The Morgan fingerprint density at radius 3 is 1.34 bits per heavy atom. The molecule has 16 nitrogen and oxygen atoms in total. The fourth-order valence-electron chi connectivity index (χ4n) is 6.76. The summed E-state index contributed by atoms with van der Waals surface area (Å²) in [6.07, 6.45) is 3.21. The molecular formula is C37H50N13O3Y3-3. The second kappa shape index (κ2) is 23.3. The SMILES string of the molecule is CC(=O)c1c[c-]c(C)[nH]1.Cc1[c-]cc(C(=O)NC[C@H]2Cc3nc(N)[nH]c3C[C@@H]2CNC(=O)c2c[c-]c(C)[nH]2)[nH]1.NC[C@H]1Cc2nc(N)[nH]c2C[C@@H]1CN.[Y].[Y].[Y]. The average Bonchev–Trinajstić information content (AvgIpc) is 3.97. The zero-order valence-electron chi connectivity index (χ0n) is 32.4. The van der Waals surface area contributed by atoms with Crippen LogP contribution in [-0.4, -0.2) is 78.7 Å². The maximum Gasteiger partial charge on any atom is 0.197 e. The van der Waals surface area contributed by atoms with E-state index in [1.165, 1.54) is 6.92 Å². The molecule has 15 N–H and O–H groups in total. The molecule has 5 heterocycles. The van der Waals surface area contributed by atoms with Gasteiger partial charge in [-0.3, -0.25) is 9.59 Å². The number of rotatable bonds is 9. The number of aryl methyl sites for hydroxylation is 3. The third kappa shape index (κ3) is 13.6. The molecule has 293 valence electrons. The number of nitrogen functional groups attached to an aromatic ring is 2. The fourth-order valence-corrected chi connectivity index (χ4v) is 6.76. The van der Waals surface area contributed by atoms with Gasteiger partial charge in [0.25, 0.3) is 0 Å². The number of imidazole rings is 2. The summed E-state index contributed by atoms with van der Waals surface area (Å²) in [5.74, 6) is 1.76. The number of H-pyrrole nitrogens is 5. The minimum atomic E-state index is -0.174. The van der Waals surface area contributed by atoms with Gasteiger partial charge in [-0.2, -0.15) is 0 Å². The number of hydrogen-bond acceptors (Lipinski definition) is 9. The van der Waals surface area contributed by atoms with Gasteiger partial charge in [0, 0.05) is 123 Å². The number of anilines is 2. The smallest absolute Gasteiger partial charge is 0.197 e. The average molecular weight is 992 g/mol. The van der Waals surface area contributed by atoms with E-state index in [4.69, 9.17) is 22.9 Å². The summed E-state index contributed by atoms with van der Waals surface area (Å²) < 4.78 is 0. The molecule has 0 aliphatic heterocycles. The molecule has 0 bridgehead atoms. The fraction of sp³-hybridized carbons (Fsp3) is 0.432. The molecule has 2 aliphatic carbocycles. The van der Waals surface area contributed by atoms with E-state index in [2.05, 4.69) is 63.7 Å². The Balaban J connectivity index is 0.000000345. The molecule has 0 fully saturated rings. The van der Waals surface area contributed by atoms with Crippen LogP contribution in [0.15, 0.2) is 18.2 Å². The van der Waals surface area contributed by atoms with Gasteiger partial charge in [0.1, 0.15) is 0 Å². The van der Waals surface area contributed by atoms with Crippen LogP contribution in [0.2, 0.25) is 0 Å². The van der Waals surface area contributed by atoms with Crippen molar-refractivity contribution in [2.24, 2.45) is 35.1 Å². The van der Waals surface area contributed by atoms with Gasteiger partial charge in [-0.25, -0.2) is 46.4 Å². The number of nitrogens with two attached hydrogens (primary N) is 4. The minimum Gasteiger partial charge on any atom is -0.449 e. The van der Waals surface area contributed by atoms with Crippen molar-refractivity contribution in [3.8, 4) is 0 Å². The second-order valence-electron chi connectivity index (χ2n) is 13.8. The van der Waals surface area contributed by atoms with Gasteiger partial charge in [0.05, 0.1) is 17.2 Å². The summed E-state index contributed by atoms with van der Waals surface area (Å²) in [5.41, 5.74) is 31.1. The van der Waals surface area contributed by atoms with E-state index in [1.54, 1.807) is 18.2 Å². The van der Waals surface area contributed by atoms with Crippen molar-refractivity contribution < 1.29 is 113 Å². The van der Waals surface area contributed by atoms with Gasteiger partial charge in [-0.15, -0.1) is 0 Å². The van der Waals surface area contributed by atoms with Crippen molar-refractivity contribution in [1.82, 2.24) is 45.5 Å². The number of aromatic nitrogens is 7. The molecule has 56 heavy (non-hydrogen) atoms. The number of amides is 2. The number of aromatic amines is 5. The Morgan fingerprint density at radius 2 is 0.982 bits per heavy atom. The number of Topliss-reactive ketones (excluding diaryl/α,β-unsaturated/α-hetero) is 1. The first-order valence-corrected chi connectivity index (χ1v) is 17.7. The number of nitrogens with one attached hydrogen (secondary N) is 7. The summed E-state index contributed by atoms with van der Waals surface area (Å²) in [7, 11) is 0. The third-order valence-corrected chi connectivity index (χ3v) is 9.73. The van der Waals surface area contributed by atoms with Crippen molar-refractivity contribution in [2.45, 2.75) is 53.4 Å². The van der Waals surface area contributed by atoms with Gasteiger partial charge < -0.3 is 63.3 Å². The van der Waals surface area contributed by atoms with Crippen LogP contribution in [0, 0.1) is 62.6 Å². The standard InChI is InChI=1S/C21H25N7O2.C9H17N5.C7H8NO.3Y/c1-11-3-5-15(25-11)19(29)23-9-13-7-17-18(28-21(22)27-17)8-14(13)10-24-20(30)16-6-4-12(2)26-16;10-3-5-1-7-8(2-6(5)4-11)14-9(12)13-7;1-5-3-4-7(8-5)6(2)9;;;/h5-6,13-14,25-26H,7-10H2,1-2H3,(H,23,29)(H,24,30)(H3,22,27,28);5-6H,1-4,10-11H2,(H3,12,13,14);4,8H,1-2H3;;;/q-2;;-1;;;/t13-,14-;5-,6-;;;;/m11..../s1. The summed E-state index contributed by atoms with van der Waals surface area (Å²) in [6.45, 7) is 9.40. The maximum atomic E-state index is 12.4. The van der Waals surface area contributed by atoms with Crippen molar-refractivity contribution in [1.29, 1.82) is 0 Å². The van der Waals surface area contributed by atoms with E-state index in [-0.39, 0.29) is 128 Å². The second-order valence-corrected chi connectivity index (χ2v) is 13.8. The van der Waals surface area contributed by atoms with Gasteiger partial charge >= 0.3 is 0 Å². The summed E-state index contributed by atoms with van der Waals surface area (Å²) in [4.78, 5) is 59.1. The first-order valence-electron chi connectivity index (χ1n) is 17.7. The number of carbonyl (C=O) groups is 3. The summed E-state index contributed by atoms with van der Waals surface area (Å²) in [5, 5.41) is 5.98. The largest absolute Gasteiger partial charge is 0.449 e. The Bertz CT molecular complexity index is 1900. The summed E-state index contributed by atoms with van der Waals surface area (Å²) in [6, 6.07) is 13.8. The minimum absolute atomic E-state index is 0. The molecule has 5 aromatic rings. The van der Waals surface area contributed by atoms with Crippen LogP contribution in [0.4, 0.5) is 11.9 Å². The van der Waals surface area contributed by atoms with Crippen LogP contribution in [0.5, 0.6) is 0 Å². The molecule has 0 saturated carbocycles. The van der Waals surface area contributed by atoms with Crippen LogP contribution in [0.25, 0.3) is 0 Å². The van der Waals surface area contributed by atoms with Crippen LogP contribution in [0.1, 0.15) is 78.2 Å². The number of nitrogens with zero attached hydrogens (tertiary/aromatic N) is 2. The van der Waals surface area contributed by atoms with Crippen molar-refractivity contribution >= 4 is 29.5 Å². The zero-order valence-corrected chi connectivity index (χ0v) is 40.9. The van der Waals surface area contributed by atoms with Crippen molar-refractivity contribution in [3.05, 3.63) is 93.3 Å². The topological polar surface area (TPSA) is 284 Å². The maximum absolute atomic E-state index is 12.4. The van der Waals surface area contributed by atoms with E-state index >= 15 is 0 Å². The zero-order chi connectivity index (χ0) is 38.2. The number of ketones is 1. The van der Waals surface area contributed by atoms with Crippen LogP contribution < -0.4 is 33.6 Å². The van der Waals surface area contributed by atoms with E-state index in [0.717, 1.165) is 52.7 Å². The van der Waals surface area contributed by atoms with E-state index in [0.29, 0.717) is 79.8 Å². The first kappa shape index (κ1) is 49.8. The number of hydrogen-bond donors (Lipinski definition) is 11. The Hall–Kier alpha value is -2.30. The Morgan fingerprint density at radius 1 is 0.625 bits per heavy atom. The molecular weight excluding hydrogens is 941 g/mol. The van der Waals surface area contributed by atoms with Gasteiger partial charge in [0.15, 0.2) is 23.7 Å². The van der Waals surface area contributed by atoms with Crippen LogP contribution in [-0.2, 0) is 124 Å². The molecule has 2 amide bonds. The van der Waals surface area contributed by atoms with Gasteiger partial charge in [-0.1, -0.05) is 22.8 Å². The monoisotopic (exact) mass is 991 g/mol. The predicted molar refractivity (Wildman–Crippen MR) is 201 cm³/mol. The van der Waals surface area contributed by atoms with Gasteiger partial charge in [-0.05, 0) is 102 Å². The molecule has 7 rings (SSSR count). The molecule has 0 spiro atoms. The molecule has 5 aromatic heterocycles. The summed E-state index contributed by atoms with van der Waals surface area (Å²) >= 11 is 0. The van der Waals surface area contributed by atoms with E-state index in [1.807, 2.05) is 20.8 Å². The molecule has 0 aromatic carbocycles. The quantitative estimate of drug-likeness (QED) is 0.0755. The Labute approximate surface area is 402 Å². The van der Waals surface area contributed by atoms with Crippen LogP contribution in [0.3, 0.4) is 0 Å². The Kier molecular flexibility index (Phi) is 20.8. The molecule has 0 unspecified atom stereocenters. The van der Waals surface area contributed by atoms with Crippen molar-refractivity contribution in [2.75, 3.05) is 37.6 Å². The first-order chi connectivity index (χ1) is 25.3. The molecule has 0 saturated heterocycles. The van der Waals surface area contributed by atoms with E-state index in [9.17, 15) is 14.4 Å². The normalized spacial score (nSPS) is 17.8. The third-order valence-electron chi connectivity index (χ3n) is 9.73. The molecule has 2 aliphatic rings. The van der Waals surface area contributed by atoms with Crippen LogP contribution >= 0.6 is 0 Å². The number of fused-ring (bicyclic) bond motifs is 2. The molecule has 3 radical (unpaired) electrons. The van der Waals surface area contributed by atoms with Crippen molar-refractivity contribution in [3.63, 3.8) is 0 Å². The predicted octanol–water partition coefficient (Wildman–Crippen LogP) is 1.62. The molecule has 4 atom stereocenters. The number of carbonyl (C=O) groups excluding carboxylic acids is 3. The van der Waals surface area contributed by atoms with E-state index < -0.39 is 0 Å².